The lowest BCUT2D eigenvalue weighted by atomic mass is 9.82. The Morgan fingerprint density at radius 3 is 2.12 bits per heavy atom. The van der Waals surface area contributed by atoms with Gasteiger partial charge in [-0.15, -0.1) is 0 Å². The van der Waals surface area contributed by atoms with Crippen LogP contribution in [0.3, 0.4) is 0 Å². The van der Waals surface area contributed by atoms with Crippen molar-refractivity contribution in [2.24, 2.45) is 11.3 Å². The first-order chi connectivity index (χ1) is 7.14. The van der Waals surface area contributed by atoms with Crippen molar-refractivity contribution in [2.45, 2.75) is 40.7 Å². The van der Waals surface area contributed by atoms with Gasteiger partial charge in [0.25, 0.3) is 0 Å². The highest BCUT2D eigenvalue weighted by molar-refractivity contribution is 5.82. The quantitative estimate of drug-likeness (QED) is 0.683. The molecule has 0 fully saturated rings. The molecule has 5 nitrogen and oxygen atoms in total. The molecule has 0 aliphatic heterocycles. The lowest BCUT2D eigenvalue weighted by molar-refractivity contribution is -0.138. The van der Waals surface area contributed by atoms with Gasteiger partial charge in [-0.05, 0) is 18.3 Å². The van der Waals surface area contributed by atoms with Crippen molar-refractivity contribution in [2.75, 3.05) is 6.54 Å². The van der Waals surface area contributed by atoms with Crippen LogP contribution in [0.2, 0.25) is 0 Å². The molecule has 3 N–H and O–H groups in total. The summed E-state index contributed by atoms with van der Waals surface area (Å²) in [5.74, 6) is -0.725. The molecule has 2 amide bonds. The van der Waals surface area contributed by atoms with Crippen molar-refractivity contribution < 1.29 is 14.7 Å². The van der Waals surface area contributed by atoms with Gasteiger partial charge in [-0.3, -0.25) is 4.79 Å². The fourth-order valence-corrected chi connectivity index (χ4v) is 0.861. The zero-order chi connectivity index (χ0) is 12.9. The highest BCUT2D eigenvalue weighted by Gasteiger charge is 2.21. The Morgan fingerprint density at radius 2 is 1.75 bits per heavy atom. The van der Waals surface area contributed by atoms with Crippen LogP contribution in [0.15, 0.2) is 0 Å². The van der Waals surface area contributed by atoms with E-state index in [-0.39, 0.29) is 5.41 Å². The molecule has 0 radical (unpaired) electrons. The molecule has 0 aromatic carbocycles. The first-order valence-corrected chi connectivity index (χ1v) is 5.41. The average Bonchev–Trinajstić information content (AvgIpc) is 2.12. The fourth-order valence-electron chi connectivity index (χ4n) is 0.861. The molecule has 0 saturated carbocycles. The number of rotatable bonds is 4. The third-order valence-electron chi connectivity index (χ3n) is 2.77. The number of carboxylic acids is 1. The van der Waals surface area contributed by atoms with Crippen molar-refractivity contribution in [3.05, 3.63) is 0 Å². The van der Waals surface area contributed by atoms with E-state index in [1.54, 1.807) is 0 Å². The Labute approximate surface area is 96.6 Å². The highest BCUT2D eigenvalue weighted by Crippen LogP contribution is 2.24. The Morgan fingerprint density at radius 1 is 1.25 bits per heavy atom. The average molecular weight is 230 g/mol. The maximum atomic E-state index is 11.3. The third kappa shape index (κ3) is 5.58. The van der Waals surface area contributed by atoms with Gasteiger partial charge in [0.05, 0.1) is 0 Å². The minimum atomic E-state index is -1.04. The molecular weight excluding hydrogens is 208 g/mol. The summed E-state index contributed by atoms with van der Waals surface area (Å²) in [6.07, 6.45) is 0. The Bertz CT molecular complexity index is 258. The van der Waals surface area contributed by atoms with Crippen LogP contribution in [-0.4, -0.2) is 29.7 Å². The standard InChI is InChI=1S/C11H22N2O3/c1-7(11(3,4)5)6-12-10(16)13-8(2)9(14)15/h7-8H,6H2,1-5H3,(H,14,15)(H2,12,13,16). The molecule has 0 spiro atoms. The van der Waals surface area contributed by atoms with Gasteiger partial charge < -0.3 is 15.7 Å². The summed E-state index contributed by atoms with van der Waals surface area (Å²) in [5.41, 5.74) is 0.117. The van der Waals surface area contributed by atoms with E-state index in [0.717, 1.165) is 0 Å². The van der Waals surface area contributed by atoms with E-state index >= 15 is 0 Å². The zero-order valence-corrected chi connectivity index (χ0v) is 10.6. The molecule has 2 atom stereocenters. The predicted octanol–water partition coefficient (Wildman–Crippen LogP) is 1.44. The maximum Gasteiger partial charge on any atom is 0.325 e. The summed E-state index contributed by atoms with van der Waals surface area (Å²) in [5, 5.41) is 13.6. The summed E-state index contributed by atoms with van der Waals surface area (Å²) >= 11 is 0. The van der Waals surface area contributed by atoms with E-state index in [4.69, 9.17) is 5.11 Å². The van der Waals surface area contributed by atoms with Crippen molar-refractivity contribution in [1.29, 1.82) is 0 Å². The van der Waals surface area contributed by atoms with E-state index in [1.807, 2.05) is 6.92 Å². The van der Waals surface area contributed by atoms with Gasteiger partial charge in [0.2, 0.25) is 0 Å². The SMILES string of the molecule is CC(NC(=O)NCC(C)C(C)(C)C)C(=O)O. The number of nitrogens with one attached hydrogen (secondary N) is 2. The van der Waals surface area contributed by atoms with E-state index in [9.17, 15) is 9.59 Å². The molecule has 0 aliphatic rings. The first kappa shape index (κ1) is 14.7. The summed E-state index contributed by atoms with van der Waals surface area (Å²) < 4.78 is 0. The monoisotopic (exact) mass is 230 g/mol. The number of urea groups is 1. The number of carbonyl (C=O) groups is 2. The van der Waals surface area contributed by atoms with Gasteiger partial charge in [-0.2, -0.15) is 0 Å². The smallest absolute Gasteiger partial charge is 0.325 e. The van der Waals surface area contributed by atoms with E-state index < -0.39 is 18.0 Å². The van der Waals surface area contributed by atoms with Crippen LogP contribution in [0.4, 0.5) is 4.79 Å². The molecule has 16 heavy (non-hydrogen) atoms. The number of hydrogen-bond donors (Lipinski definition) is 3. The Balaban J connectivity index is 3.95. The Kier molecular flexibility index (Phi) is 5.27. The molecule has 0 aliphatic carbocycles. The first-order valence-electron chi connectivity index (χ1n) is 5.41. The van der Waals surface area contributed by atoms with Crippen molar-refractivity contribution in [1.82, 2.24) is 10.6 Å². The lowest BCUT2D eigenvalue weighted by Gasteiger charge is -2.27. The second kappa shape index (κ2) is 5.72. The zero-order valence-electron chi connectivity index (χ0n) is 10.6. The molecule has 0 aromatic heterocycles. The van der Waals surface area contributed by atoms with Gasteiger partial charge in [0.15, 0.2) is 0 Å². The summed E-state index contributed by atoms with van der Waals surface area (Å²) in [6.45, 7) is 10.3. The summed E-state index contributed by atoms with van der Waals surface area (Å²) in [6, 6.07) is -1.31. The van der Waals surface area contributed by atoms with Gasteiger partial charge in [0, 0.05) is 6.54 Å². The number of carboxylic acid groups (broad SMARTS) is 1. The normalized spacial score (nSPS) is 15.1. The molecule has 0 bridgehead atoms. The van der Waals surface area contributed by atoms with Crippen molar-refractivity contribution in [3.8, 4) is 0 Å². The van der Waals surface area contributed by atoms with Crippen LogP contribution in [-0.2, 0) is 4.79 Å². The summed E-state index contributed by atoms with van der Waals surface area (Å²) in [7, 11) is 0. The minimum Gasteiger partial charge on any atom is -0.480 e. The molecule has 94 valence electrons. The van der Waals surface area contributed by atoms with Crippen LogP contribution in [0.1, 0.15) is 34.6 Å². The van der Waals surface area contributed by atoms with Crippen LogP contribution in [0.25, 0.3) is 0 Å². The topological polar surface area (TPSA) is 78.4 Å². The van der Waals surface area contributed by atoms with Crippen LogP contribution >= 0.6 is 0 Å². The second-order valence-corrected chi connectivity index (χ2v) is 5.18. The molecule has 2 unspecified atom stereocenters. The van der Waals surface area contributed by atoms with Crippen LogP contribution in [0, 0.1) is 11.3 Å². The molecular formula is C11H22N2O3. The molecule has 0 saturated heterocycles. The molecule has 0 heterocycles. The largest absolute Gasteiger partial charge is 0.480 e. The van der Waals surface area contributed by atoms with Crippen molar-refractivity contribution in [3.63, 3.8) is 0 Å². The summed E-state index contributed by atoms with van der Waals surface area (Å²) in [4.78, 5) is 21.8. The van der Waals surface area contributed by atoms with Gasteiger partial charge in [-0.1, -0.05) is 27.7 Å². The number of aliphatic carboxylic acids is 1. The molecule has 0 aromatic rings. The Hall–Kier alpha value is -1.26. The van der Waals surface area contributed by atoms with Gasteiger partial charge in [0.1, 0.15) is 6.04 Å². The van der Waals surface area contributed by atoms with Gasteiger partial charge >= 0.3 is 12.0 Å². The highest BCUT2D eigenvalue weighted by atomic mass is 16.4. The van der Waals surface area contributed by atoms with E-state index in [2.05, 4.69) is 31.4 Å². The molecule has 5 heteroatoms. The second-order valence-electron chi connectivity index (χ2n) is 5.18. The third-order valence-corrected chi connectivity index (χ3v) is 2.77. The van der Waals surface area contributed by atoms with Crippen LogP contribution < -0.4 is 10.6 Å². The van der Waals surface area contributed by atoms with Gasteiger partial charge in [-0.25, -0.2) is 4.79 Å². The predicted molar refractivity (Wildman–Crippen MR) is 62.3 cm³/mol. The maximum absolute atomic E-state index is 11.3. The number of carbonyl (C=O) groups excluding carboxylic acids is 1. The van der Waals surface area contributed by atoms with Crippen LogP contribution in [0.5, 0.6) is 0 Å². The molecule has 0 rings (SSSR count). The number of hydrogen-bond acceptors (Lipinski definition) is 2. The van der Waals surface area contributed by atoms with E-state index in [1.165, 1.54) is 6.92 Å². The fraction of sp³-hybridized carbons (Fsp3) is 0.818. The number of amides is 2. The minimum absolute atomic E-state index is 0.117. The lowest BCUT2D eigenvalue weighted by Crippen LogP contribution is -2.46. The van der Waals surface area contributed by atoms with Crippen molar-refractivity contribution >= 4 is 12.0 Å². The van der Waals surface area contributed by atoms with E-state index in [0.29, 0.717) is 12.5 Å².